The van der Waals surface area contributed by atoms with Crippen molar-refractivity contribution in [1.29, 1.82) is 0 Å². The second-order valence-electron chi connectivity index (χ2n) is 5.00. The first-order valence-electron chi connectivity index (χ1n) is 6.38. The molecule has 0 saturated carbocycles. The molecular weight excluding hydrogens is 367 g/mol. The van der Waals surface area contributed by atoms with Crippen LogP contribution in [0.1, 0.15) is 23.5 Å². The van der Waals surface area contributed by atoms with Crippen LogP contribution >= 0.6 is 46.1 Å². The highest BCUT2D eigenvalue weighted by atomic mass is 35.5. The summed E-state index contributed by atoms with van der Waals surface area (Å²) in [5, 5.41) is 1.70. The van der Waals surface area contributed by atoms with Crippen LogP contribution in [0.3, 0.4) is 0 Å². The molecule has 0 bridgehead atoms. The average molecular weight is 380 g/mol. The van der Waals surface area contributed by atoms with E-state index in [-0.39, 0.29) is 23.5 Å². The molecule has 0 unspecified atom stereocenters. The first kappa shape index (κ1) is 17.3. The van der Waals surface area contributed by atoms with E-state index < -0.39 is 5.91 Å². The van der Waals surface area contributed by atoms with Gasteiger partial charge < -0.3 is 10.6 Å². The molecule has 2 aromatic rings. The first-order chi connectivity index (χ1) is 10.2. The maximum atomic E-state index is 12.7. The van der Waals surface area contributed by atoms with Crippen molar-refractivity contribution in [3.8, 4) is 0 Å². The van der Waals surface area contributed by atoms with Gasteiger partial charge in [-0.05, 0) is 26.0 Å². The third kappa shape index (κ3) is 3.33. The lowest BCUT2D eigenvalue weighted by Crippen LogP contribution is -2.42. The van der Waals surface area contributed by atoms with Gasteiger partial charge >= 0.3 is 0 Å². The van der Waals surface area contributed by atoms with Crippen LogP contribution in [-0.2, 0) is 4.79 Å². The molecule has 0 saturated heterocycles. The molecule has 2 N–H and O–H groups in total. The minimum Gasteiger partial charge on any atom is -0.368 e. The van der Waals surface area contributed by atoms with Crippen LogP contribution < -0.4 is 5.73 Å². The predicted octanol–water partition coefficient (Wildman–Crippen LogP) is 4.20. The molecular formula is C14H13Cl3N2O2S. The van der Waals surface area contributed by atoms with Gasteiger partial charge in [0, 0.05) is 21.2 Å². The van der Waals surface area contributed by atoms with Crippen LogP contribution in [0.2, 0.25) is 15.1 Å². The molecule has 2 amide bonds. The zero-order valence-electron chi connectivity index (χ0n) is 11.8. The van der Waals surface area contributed by atoms with E-state index in [9.17, 15) is 9.59 Å². The fourth-order valence-corrected chi connectivity index (χ4v) is 4.37. The van der Waals surface area contributed by atoms with Gasteiger partial charge in [-0.2, -0.15) is 0 Å². The molecule has 0 aliphatic carbocycles. The summed E-state index contributed by atoms with van der Waals surface area (Å²) in [6, 6.07) is 3.08. The molecule has 0 aliphatic rings. The van der Waals surface area contributed by atoms with Crippen LogP contribution in [0.5, 0.6) is 0 Å². The smallest absolute Gasteiger partial charge is 0.266 e. The number of thiophene rings is 1. The first-order valence-corrected chi connectivity index (χ1v) is 8.33. The van der Waals surface area contributed by atoms with Crippen LogP contribution in [0.15, 0.2) is 12.1 Å². The Morgan fingerprint density at radius 2 is 1.91 bits per heavy atom. The number of fused-ring (bicyclic) bond motifs is 1. The fourth-order valence-electron chi connectivity index (χ4n) is 2.04. The van der Waals surface area contributed by atoms with Crippen molar-refractivity contribution in [2.45, 2.75) is 19.9 Å². The molecule has 4 nitrogen and oxygen atoms in total. The Labute approximate surface area is 146 Å². The van der Waals surface area contributed by atoms with Gasteiger partial charge in [0.25, 0.3) is 5.91 Å². The highest BCUT2D eigenvalue weighted by Gasteiger charge is 2.26. The third-order valence-electron chi connectivity index (χ3n) is 3.05. The van der Waals surface area contributed by atoms with Crippen molar-refractivity contribution in [2.75, 3.05) is 6.54 Å². The molecule has 118 valence electrons. The Bertz CT molecular complexity index is 758. The molecule has 22 heavy (non-hydrogen) atoms. The van der Waals surface area contributed by atoms with E-state index in [2.05, 4.69) is 0 Å². The average Bonchev–Trinajstić information content (AvgIpc) is 2.71. The Kier molecular flexibility index (Phi) is 5.22. The number of carbonyl (C=O) groups excluding carboxylic acids is 2. The number of nitrogens with two attached hydrogens (primary N) is 1. The van der Waals surface area contributed by atoms with Gasteiger partial charge in [-0.25, -0.2) is 0 Å². The van der Waals surface area contributed by atoms with Crippen LogP contribution in [0.25, 0.3) is 10.1 Å². The zero-order valence-corrected chi connectivity index (χ0v) is 14.9. The fraction of sp³-hybridized carbons (Fsp3) is 0.286. The van der Waals surface area contributed by atoms with E-state index in [1.807, 2.05) is 0 Å². The van der Waals surface area contributed by atoms with Gasteiger partial charge in [0.05, 0.1) is 16.6 Å². The minimum atomic E-state index is -0.583. The summed E-state index contributed by atoms with van der Waals surface area (Å²) in [4.78, 5) is 25.5. The largest absolute Gasteiger partial charge is 0.368 e. The predicted molar refractivity (Wildman–Crippen MR) is 92.2 cm³/mol. The normalized spacial score (nSPS) is 11.2. The standard InChI is InChI=1S/C14H13Cl3N2O2S/c1-6(2)19(5-10(18)20)14(21)13-12(17)11-8(16)3-7(15)4-9(11)22-13/h3-4,6H,5H2,1-2H3,(H2,18,20). The summed E-state index contributed by atoms with van der Waals surface area (Å²) in [5.74, 6) is -0.937. The molecule has 1 heterocycles. The lowest BCUT2D eigenvalue weighted by atomic mass is 10.2. The van der Waals surface area contributed by atoms with Crippen molar-refractivity contribution < 1.29 is 9.59 Å². The number of nitrogens with zero attached hydrogens (tertiary/aromatic N) is 1. The number of halogens is 3. The zero-order chi connectivity index (χ0) is 16.6. The molecule has 2 rings (SSSR count). The van der Waals surface area contributed by atoms with E-state index in [0.717, 1.165) is 0 Å². The van der Waals surface area contributed by atoms with Crippen LogP contribution in [-0.4, -0.2) is 29.3 Å². The second-order valence-corrected chi connectivity index (χ2v) is 7.27. The second kappa shape index (κ2) is 6.62. The monoisotopic (exact) mass is 378 g/mol. The van der Waals surface area contributed by atoms with Gasteiger partial charge in [0.15, 0.2) is 0 Å². The topological polar surface area (TPSA) is 63.4 Å². The maximum absolute atomic E-state index is 12.7. The molecule has 0 fully saturated rings. The van der Waals surface area contributed by atoms with Crippen molar-refractivity contribution in [3.05, 3.63) is 32.1 Å². The summed E-state index contributed by atoms with van der Waals surface area (Å²) in [6.07, 6.45) is 0. The van der Waals surface area contributed by atoms with Gasteiger partial charge in [-0.3, -0.25) is 9.59 Å². The summed E-state index contributed by atoms with van der Waals surface area (Å²) >= 11 is 19.6. The summed E-state index contributed by atoms with van der Waals surface area (Å²) in [7, 11) is 0. The number of benzene rings is 1. The molecule has 0 atom stereocenters. The van der Waals surface area contributed by atoms with Crippen molar-refractivity contribution in [3.63, 3.8) is 0 Å². The van der Waals surface area contributed by atoms with E-state index in [1.165, 1.54) is 16.2 Å². The number of rotatable bonds is 4. The van der Waals surface area contributed by atoms with Gasteiger partial charge in [-0.15, -0.1) is 11.3 Å². The van der Waals surface area contributed by atoms with Gasteiger partial charge in [-0.1, -0.05) is 34.8 Å². The molecule has 0 spiro atoms. The van der Waals surface area contributed by atoms with E-state index >= 15 is 0 Å². The van der Waals surface area contributed by atoms with Gasteiger partial charge in [0.2, 0.25) is 5.91 Å². The summed E-state index contributed by atoms with van der Waals surface area (Å²) < 4.78 is 0.716. The summed E-state index contributed by atoms with van der Waals surface area (Å²) in [5.41, 5.74) is 5.20. The van der Waals surface area contributed by atoms with Crippen LogP contribution in [0, 0.1) is 0 Å². The van der Waals surface area contributed by atoms with Crippen molar-refractivity contribution in [2.24, 2.45) is 5.73 Å². The van der Waals surface area contributed by atoms with E-state index in [1.54, 1.807) is 26.0 Å². The van der Waals surface area contributed by atoms with Crippen molar-refractivity contribution >= 4 is 68.0 Å². The van der Waals surface area contributed by atoms with E-state index in [4.69, 9.17) is 40.5 Å². The number of carbonyl (C=O) groups is 2. The molecule has 8 heteroatoms. The van der Waals surface area contributed by atoms with E-state index in [0.29, 0.717) is 25.0 Å². The molecule has 1 aromatic carbocycles. The highest BCUT2D eigenvalue weighted by Crippen LogP contribution is 2.41. The van der Waals surface area contributed by atoms with Crippen molar-refractivity contribution in [1.82, 2.24) is 4.90 Å². The highest BCUT2D eigenvalue weighted by molar-refractivity contribution is 7.21. The SMILES string of the molecule is CC(C)N(CC(N)=O)C(=O)c1sc2cc(Cl)cc(Cl)c2c1Cl. The maximum Gasteiger partial charge on any atom is 0.266 e. The lowest BCUT2D eigenvalue weighted by Gasteiger charge is -2.24. The number of amides is 2. The molecule has 0 radical (unpaired) electrons. The third-order valence-corrected chi connectivity index (χ3v) is 5.19. The number of primary amides is 1. The number of hydrogen-bond acceptors (Lipinski definition) is 3. The Morgan fingerprint density at radius 3 is 2.45 bits per heavy atom. The molecule has 0 aliphatic heterocycles. The number of hydrogen-bond donors (Lipinski definition) is 1. The molecule has 1 aromatic heterocycles. The Balaban J connectivity index is 2.54. The lowest BCUT2D eigenvalue weighted by molar-refractivity contribution is -0.119. The summed E-state index contributed by atoms with van der Waals surface area (Å²) in [6.45, 7) is 3.42. The van der Waals surface area contributed by atoms with Crippen LogP contribution in [0.4, 0.5) is 0 Å². The Hall–Kier alpha value is -1.01. The van der Waals surface area contributed by atoms with Gasteiger partial charge in [0.1, 0.15) is 4.88 Å². The quantitative estimate of drug-likeness (QED) is 0.865. The minimum absolute atomic E-state index is 0.171. The Morgan fingerprint density at radius 1 is 1.27 bits per heavy atom.